The Balaban J connectivity index is 2.38. The Labute approximate surface area is 134 Å². The number of nitrogens with one attached hydrogen (secondary N) is 1. The zero-order valence-corrected chi connectivity index (χ0v) is 14.2. The van der Waals surface area contributed by atoms with E-state index in [4.69, 9.17) is 0 Å². The Morgan fingerprint density at radius 1 is 1.05 bits per heavy atom. The molecule has 21 heavy (non-hydrogen) atoms. The number of alkyl halides is 1. The maximum absolute atomic E-state index is 12.5. The van der Waals surface area contributed by atoms with Gasteiger partial charge in [-0.05, 0) is 43.5 Å². The van der Waals surface area contributed by atoms with Gasteiger partial charge in [-0.3, -0.25) is 4.79 Å². The number of rotatable bonds is 3. The van der Waals surface area contributed by atoms with Gasteiger partial charge in [0, 0.05) is 16.4 Å². The molecule has 0 bridgehead atoms. The van der Waals surface area contributed by atoms with E-state index in [0.29, 0.717) is 5.56 Å². The molecule has 0 saturated heterocycles. The zero-order chi connectivity index (χ0) is 15.5. The molecule has 1 N–H and O–H groups in total. The van der Waals surface area contributed by atoms with Gasteiger partial charge in [0.05, 0.1) is 0 Å². The van der Waals surface area contributed by atoms with Crippen molar-refractivity contribution in [2.75, 3.05) is 0 Å². The van der Waals surface area contributed by atoms with E-state index in [1.807, 2.05) is 45.0 Å². The van der Waals surface area contributed by atoms with E-state index >= 15 is 0 Å². The summed E-state index contributed by atoms with van der Waals surface area (Å²) in [5.41, 5.74) is 3.69. The quantitative estimate of drug-likeness (QED) is 0.797. The van der Waals surface area contributed by atoms with Crippen molar-refractivity contribution in [3.05, 3.63) is 59.7 Å². The van der Waals surface area contributed by atoms with E-state index in [9.17, 15) is 4.79 Å². The fourth-order valence-corrected chi connectivity index (χ4v) is 2.49. The zero-order valence-electron chi connectivity index (χ0n) is 12.6. The highest BCUT2D eigenvalue weighted by molar-refractivity contribution is 9.08. The summed E-state index contributed by atoms with van der Waals surface area (Å²) in [5, 5.41) is 3.85. The maximum Gasteiger partial charge on any atom is 0.252 e. The smallest absolute Gasteiger partial charge is 0.252 e. The Morgan fingerprint density at radius 2 is 1.67 bits per heavy atom. The molecule has 0 saturated carbocycles. The fraction of sp³-hybridized carbons (Fsp3) is 0.278. The van der Waals surface area contributed by atoms with Crippen LogP contribution >= 0.6 is 15.9 Å². The van der Waals surface area contributed by atoms with Gasteiger partial charge in [0.1, 0.15) is 0 Å². The Morgan fingerprint density at radius 3 is 2.24 bits per heavy atom. The monoisotopic (exact) mass is 345 g/mol. The van der Waals surface area contributed by atoms with Crippen LogP contribution in [0.15, 0.2) is 48.5 Å². The van der Waals surface area contributed by atoms with Gasteiger partial charge in [-0.15, -0.1) is 0 Å². The highest BCUT2D eigenvalue weighted by Gasteiger charge is 2.18. The van der Waals surface area contributed by atoms with Crippen LogP contribution in [-0.4, -0.2) is 11.4 Å². The van der Waals surface area contributed by atoms with Crippen molar-refractivity contribution >= 4 is 21.8 Å². The molecule has 0 spiro atoms. The van der Waals surface area contributed by atoms with Crippen LogP contribution in [0, 0.1) is 0 Å². The van der Waals surface area contributed by atoms with Crippen molar-refractivity contribution in [3.63, 3.8) is 0 Å². The van der Waals surface area contributed by atoms with Crippen LogP contribution in [0.5, 0.6) is 0 Å². The molecule has 0 heterocycles. The lowest BCUT2D eigenvalue weighted by atomic mass is 9.97. The first kappa shape index (κ1) is 15.8. The molecule has 0 aromatic heterocycles. The van der Waals surface area contributed by atoms with E-state index in [0.717, 1.165) is 16.5 Å². The third-order valence-electron chi connectivity index (χ3n) is 3.08. The summed E-state index contributed by atoms with van der Waals surface area (Å²) in [6.07, 6.45) is 0. The van der Waals surface area contributed by atoms with Gasteiger partial charge in [0.2, 0.25) is 0 Å². The van der Waals surface area contributed by atoms with Gasteiger partial charge in [0.25, 0.3) is 5.91 Å². The molecule has 0 aliphatic carbocycles. The molecule has 0 unspecified atom stereocenters. The first-order valence-corrected chi connectivity index (χ1v) is 8.10. The summed E-state index contributed by atoms with van der Waals surface area (Å²) in [5.74, 6) is -0.0392. The summed E-state index contributed by atoms with van der Waals surface area (Å²) in [6, 6.07) is 16.0. The van der Waals surface area contributed by atoms with Crippen molar-refractivity contribution in [3.8, 4) is 11.1 Å². The first-order valence-electron chi connectivity index (χ1n) is 6.97. The second kappa shape index (κ2) is 6.44. The number of carbonyl (C=O) groups excluding carboxylic acids is 1. The van der Waals surface area contributed by atoms with Crippen molar-refractivity contribution < 1.29 is 4.79 Å². The van der Waals surface area contributed by atoms with Gasteiger partial charge in [0.15, 0.2) is 0 Å². The molecule has 0 fully saturated rings. The van der Waals surface area contributed by atoms with Gasteiger partial charge in [-0.1, -0.05) is 58.4 Å². The van der Waals surface area contributed by atoms with E-state index < -0.39 is 0 Å². The summed E-state index contributed by atoms with van der Waals surface area (Å²) in [7, 11) is 0. The molecule has 2 nitrogen and oxygen atoms in total. The standard InChI is InChI=1S/C18H20BrNO/c1-18(2,3)20-17(21)16-7-5-4-6-15(16)14-10-8-13(12-19)9-11-14/h4-11H,12H2,1-3H3,(H,20,21). The number of hydrogen-bond acceptors (Lipinski definition) is 1. The third-order valence-corrected chi connectivity index (χ3v) is 3.73. The molecule has 110 valence electrons. The summed E-state index contributed by atoms with van der Waals surface area (Å²) >= 11 is 3.44. The van der Waals surface area contributed by atoms with Crippen molar-refractivity contribution in [2.24, 2.45) is 0 Å². The lowest BCUT2D eigenvalue weighted by molar-refractivity contribution is 0.0920. The normalized spacial score (nSPS) is 11.2. The van der Waals surface area contributed by atoms with Crippen molar-refractivity contribution in [1.29, 1.82) is 0 Å². The topological polar surface area (TPSA) is 29.1 Å². The van der Waals surface area contributed by atoms with Gasteiger partial charge < -0.3 is 5.32 Å². The van der Waals surface area contributed by atoms with E-state index in [2.05, 4.69) is 45.5 Å². The average molecular weight is 346 g/mol. The Bertz CT molecular complexity index is 626. The minimum absolute atomic E-state index is 0.0392. The molecule has 0 atom stereocenters. The van der Waals surface area contributed by atoms with Gasteiger partial charge in [-0.25, -0.2) is 0 Å². The van der Waals surface area contributed by atoms with Crippen LogP contribution in [0.3, 0.4) is 0 Å². The molecule has 1 amide bonds. The van der Waals surface area contributed by atoms with Gasteiger partial charge in [-0.2, -0.15) is 0 Å². The number of halogens is 1. The number of benzene rings is 2. The minimum Gasteiger partial charge on any atom is -0.347 e. The molecule has 0 aliphatic rings. The summed E-state index contributed by atoms with van der Waals surface area (Å²) < 4.78 is 0. The SMILES string of the molecule is CC(C)(C)NC(=O)c1ccccc1-c1ccc(CBr)cc1. The largest absolute Gasteiger partial charge is 0.347 e. The lowest BCUT2D eigenvalue weighted by Gasteiger charge is -2.21. The highest BCUT2D eigenvalue weighted by Crippen LogP contribution is 2.25. The molecule has 2 rings (SSSR count). The highest BCUT2D eigenvalue weighted by atomic mass is 79.9. The molecule has 0 aliphatic heterocycles. The molecule has 3 heteroatoms. The molecule has 0 radical (unpaired) electrons. The Hall–Kier alpha value is -1.61. The molecular weight excluding hydrogens is 326 g/mol. The first-order chi connectivity index (χ1) is 9.90. The molecule has 2 aromatic carbocycles. The van der Waals surface area contributed by atoms with Gasteiger partial charge >= 0.3 is 0 Å². The minimum atomic E-state index is -0.246. The predicted octanol–water partition coefficient (Wildman–Crippen LogP) is 4.78. The van der Waals surface area contributed by atoms with Crippen LogP contribution in [0.25, 0.3) is 11.1 Å². The fourth-order valence-electron chi connectivity index (χ4n) is 2.11. The predicted molar refractivity (Wildman–Crippen MR) is 91.7 cm³/mol. The van der Waals surface area contributed by atoms with Crippen LogP contribution in [0.2, 0.25) is 0 Å². The van der Waals surface area contributed by atoms with E-state index in [-0.39, 0.29) is 11.4 Å². The number of amides is 1. The maximum atomic E-state index is 12.5. The summed E-state index contributed by atoms with van der Waals surface area (Å²) in [4.78, 5) is 12.5. The van der Waals surface area contributed by atoms with E-state index in [1.54, 1.807) is 0 Å². The average Bonchev–Trinajstić information content (AvgIpc) is 2.45. The second-order valence-electron chi connectivity index (χ2n) is 6.08. The molecule has 2 aromatic rings. The number of hydrogen-bond donors (Lipinski definition) is 1. The third kappa shape index (κ3) is 4.18. The Kier molecular flexibility index (Phi) is 4.84. The van der Waals surface area contributed by atoms with Crippen LogP contribution in [0.1, 0.15) is 36.7 Å². The van der Waals surface area contributed by atoms with Crippen LogP contribution in [0.4, 0.5) is 0 Å². The lowest BCUT2D eigenvalue weighted by Crippen LogP contribution is -2.40. The van der Waals surface area contributed by atoms with Crippen LogP contribution < -0.4 is 5.32 Å². The number of carbonyl (C=O) groups is 1. The molecular formula is C18H20BrNO. The van der Waals surface area contributed by atoms with Crippen molar-refractivity contribution in [2.45, 2.75) is 31.6 Å². The van der Waals surface area contributed by atoms with E-state index in [1.165, 1.54) is 5.56 Å². The van der Waals surface area contributed by atoms with Crippen LogP contribution in [-0.2, 0) is 5.33 Å². The second-order valence-corrected chi connectivity index (χ2v) is 6.64. The summed E-state index contributed by atoms with van der Waals surface area (Å²) in [6.45, 7) is 5.95. The van der Waals surface area contributed by atoms with Crippen molar-refractivity contribution in [1.82, 2.24) is 5.32 Å².